The first-order chi connectivity index (χ1) is 14.2. The number of ether oxygens (including phenoxy) is 1. The first kappa shape index (κ1) is 22.0. The number of anilines is 1. The van der Waals surface area contributed by atoms with E-state index >= 15 is 0 Å². The van der Waals surface area contributed by atoms with Gasteiger partial charge < -0.3 is 4.74 Å². The number of halogens is 1. The van der Waals surface area contributed by atoms with E-state index in [1.807, 2.05) is 36.4 Å². The summed E-state index contributed by atoms with van der Waals surface area (Å²) >= 11 is 7.27. The van der Waals surface area contributed by atoms with Gasteiger partial charge in [-0.2, -0.15) is 5.26 Å². The topological polar surface area (TPSA) is 79.2 Å². The van der Waals surface area contributed by atoms with Crippen LogP contribution in [0.4, 0.5) is 10.5 Å². The smallest absolute Gasteiger partial charge is 0.412 e. The van der Waals surface area contributed by atoms with Gasteiger partial charge in [0.05, 0.1) is 15.7 Å². The highest BCUT2D eigenvalue weighted by Crippen LogP contribution is 2.33. The molecule has 3 aromatic rings. The van der Waals surface area contributed by atoms with Crippen molar-refractivity contribution in [3.05, 3.63) is 63.8 Å². The number of nitrogens with zero attached hydrogens (tertiary/aromatic N) is 1. The predicted octanol–water partition coefficient (Wildman–Crippen LogP) is 6.45. The van der Waals surface area contributed by atoms with Crippen molar-refractivity contribution in [1.29, 1.82) is 5.26 Å². The van der Waals surface area contributed by atoms with E-state index in [1.165, 1.54) is 0 Å². The molecule has 1 aromatic heterocycles. The lowest BCUT2D eigenvalue weighted by molar-refractivity contribution is 0.0636. The summed E-state index contributed by atoms with van der Waals surface area (Å²) in [5, 5.41) is 11.7. The Hall–Kier alpha value is -2.66. The third kappa shape index (κ3) is 5.48. The summed E-state index contributed by atoms with van der Waals surface area (Å²) in [5.41, 5.74) is 1.82. The Morgan fingerprint density at radius 1 is 1.13 bits per heavy atom. The van der Waals surface area contributed by atoms with Crippen molar-refractivity contribution in [2.24, 2.45) is 0 Å². The minimum Gasteiger partial charge on any atom is -0.444 e. The molecule has 1 N–H and O–H groups in total. The third-order valence-corrected chi connectivity index (χ3v) is 6.79. The van der Waals surface area contributed by atoms with E-state index < -0.39 is 22.5 Å². The Balaban J connectivity index is 1.79. The standard InChI is InChI=1S/C22H19ClN2O3S2/c1-22(2,3)28-21(26)25-16-9-7-14(8-10-16)15-5-4-6-18(11-15)30(27)19-12-17(13-24)29-20(19)23/h4-12H,1-3H3,(H,25,26). The Kier molecular flexibility index (Phi) is 6.61. The van der Waals surface area contributed by atoms with Gasteiger partial charge in [-0.05, 0) is 62.2 Å². The molecule has 0 aliphatic carbocycles. The van der Waals surface area contributed by atoms with Crippen molar-refractivity contribution >= 4 is 45.5 Å². The number of hydrogen-bond acceptors (Lipinski definition) is 5. The molecule has 0 fully saturated rings. The van der Waals surface area contributed by atoms with Gasteiger partial charge in [0, 0.05) is 10.6 Å². The van der Waals surface area contributed by atoms with Crippen molar-refractivity contribution in [2.45, 2.75) is 36.2 Å². The molecule has 0 aliphatic heterocycles. The van der Waals surface area contributed by atoms with E-state index in [0.29, 0.717) is 24.7 Å². The van der Waals surface area contributed by atoms with Crippen molar-refractivity contribution in [3.8, 4) is 17.2 Å². The highest BCUT2D eigenvalue weighted by atomic mass is 35.5. The number of benzene rings is 2. The molecule has 8 heteroatoms. The molecule has 0 aliphatic rings. The zero-order valence-electron chi connectivity index (χ0n) is 16.6. The zero-order valence-corrected chi connectivity index (χ0v) is 19.0. The van der Waals surface area contributed by atoms with Crippen molar-refractivity contribution < 1.29 is 13.7 Å². The van der Waals surface area contributed by atoms with Gasteiger partial charge in [-0.15, -0.1) is 11.3 Å². The van der Waals surface area contributed by atoms with Crippen LogP contribution < -0.4 is 5.32 Å². The quantitative estimate of drug-likeness (QED) is 0.486. The lowest BCUT2D eigenvalue weighted by Gasteiger charge is -2.19. The van der Waals surface area contributed by atoms with Gasteiger partial charge in [-0.25, -0.2) is 9.00 Å². The van der Waals surface area contributed by atoms with E-state index in [-0.39, 0.29) is 0 Å². The molecule has 0 saturated carbocycles. The Bertz CT molecular complexity index is 1140. The van der Waals surface area contributed by atoms with Crippen LogP contribution in [0.15, 0.2) is 64.4 Å². The lowest BCUT2D eigenvalue weighted by Crippen LogP contribution is -2.27. The highest BCUT2D eigenvalue weighted by Gasteiger charge is 2.17. The van der Waals surface area contributed by atoms with E-state index in [4.69, 9.17) is 21.6 Å². The molecule has 1 unspecified atom stereocenters. The summed E-state index contributed by atoms with van der Waals surface area (Å²) in [4.78, 5) is 13.3. The first-order valence-corrected chi connectivity index (χ1v) is 11.3. The number of nitrogens with one attached hydrogen (secondary N) is 1. The molecule has 0 saturated heterocycles. The molecule has 154 valence electrons. The molecule has 0 spiro atoms. The molecule has 0 bridgehead atoms. The van der Waals surface area contributed by atoms with Crippen LogP contribution in [0.2, 0.25) is 4.34 Å². The predicted molar refractivity (Wildman–Crippen MR) is 120 cm³/mol. The number of amides is 1. The number of carbonyl (C=O) groups excluding carboxylic acids is 1. The van der Waals surface area contributed by atoms with Crippen LogP contribution in [0.25, 0.3) is 11.1 Å². The van der Waals surface area contributed by atoms with Crippen LogP contribution in [-0.4, -0.2) is 15.9 Å². The largest absolute Gasteiger partial charge is 0.444 e. The van der Waals surface area contributed by atoms with Gasteiger partial charge in [0.2, 0.25) is 0 Å². The molecule has 1 amide bonds. The van der Waals surface area contributed by atoms with Crippen LogP contribution in [0.5, 0.6) is 0 Å². The molecule has 1 atom stereocenters. The lowest BCUT2D eigenvalue weighted by atomic mass is 10.1. The second-order valence-corrected chi connectivity index (χ2v) is 10.5. The average molecular weight is 459 g/mol. The summed E-state index contributed by atoms with van der Waals surface area (Å²) in [6.45, 7) is 5.41. The summed E-state index contributed by atoms with van der Waals surface area (Å²) in [6.07, 6.45) is -0.517. The van der Waals surface area contributed by atoms with Crippen LogP contribution in [0.3, 0.4) is 0 Å². The van der Waals surface area contributed by atoms with Crippen LogP contribution >= 0.6 is 22.9 Å². The van der Waals surface area contributed by atoms with Crippen LogP contribution in [-0.2, 0) is 15.5 Å². The van der Waals surface area contributed by atoms with Crippen LogP contribution in [0.1, 0.15) is 25.6 Å². The summed E-state index contributed by atoms with van der Waals surface area (Å²) in [6, 6.07) is 18.2. The number of thiophene rings is 1. The molecular formula is C22H19ClN2O3S2. The van der Waals surface area contributed by atoms with E-state index in [1.54, 1.807) is 45.0 Å². The second kappa shape index (κ2) is 9.00. The van der Waals surface area contributed by atoms with Gasteiger partial charge >= 0.3 is 6.09 Å². The second-order valence-electron chi connectivity index (χ2n) is 7.36. The van der Waals surface area contributed by atoms with E-state index in [0.717, 1.165) is 22.5 Å². The molecule has 0 radical (unpaired) electrons. The highest BCUT2D eigenvalue weighted by molar-refractivity contribution is 7.85. The molecule has 1 heterocycles. The number of nitriles is 1. The Labute approximate surface area is 186 Å². The van der Waals surface area contributed by atoms with E-state index in [2.05, 4.69) is 5.32 Å². The maximum Gasteiger partial charge on any atom is 0.412 e. The SMILES string of the molecule is CC(C)(C)OC(=O)Nc1ccc(-c2cccc(S(=O)c3cc(C#N)sc3Cl)c2)cc1. The van der Waals surface area contributed by atoms with Crippen LogP contribution in [0, 0.1) is 11.3 Å². The summed E-state index contributed by atoms with van der Waals surface area (Å²) in [7, 11) is -1.49. The minimum atomic E-state index is -1.49. The molecular weight excluding hydrogens is 440 g/mol. The average Bonchev–Trinajstić information content (AvgIpc) is 3.07. The van der Waals surface area contributed by atoms with Gasteiger partial charge in [0.25, 0.3) is 0 Å². The van der Waals surface area contributed by atoms with E-state index in [9.17, 15) is 9.00 Å². The maximum absolute atomic E-state index is 12.9. The van der Waals surface area contributed by atoms with Gasteiger partial charge in [0.15, 0.2) is 0 Å². The van der Waals surface area contributed by atoms with Crippen molar-refractivity contribution in [1.82, 2.24) is 0 Å². The normalized spacial score (nSPS) is 12.1. The summed E-state index contributed by atoms with van der Waals surface area (Å²) in [5.74, 6) is 0. The number of hydrogen-bond donors (Lipinski definition) is 1. The fraction of sp³-hybridized carbons (Fsp3) is 0.182. The van der Waals surface area contributed by atoms with Crippen molar-refractivity contribution in [2.75, 3.05) is 5.32 Å². The number of carbonyl (C=O) groups is 1. The minimum absolute atomic E-state index is 0.354. The molecule has 30 heavy (non-hydrogen) atoms. The van der Waals surface area contributed by atoms with Gasteiger partial charge in [0.1, 0.15) is 20.9 Å². The monoisotopic (exact) mass is 458 g/mol. The Morgan fingerprint density at radius 2 is 1.83 bits per heavy atom. The van der Waals surface area contributed by atoms with Gasteiger partial charge in [-0.3, -0.25) is 5.32 Å². The molecule has 3 rings (SSSR count). The van der Waals surface area contributed by atoms with Gasteiger partial charge in [-0.1, -0.05) is 35.9 Å². The zero-order chi connectivity index (χ0) is 21.9. The maximum atomic E-state index is 12.9. The molecule has 2 aromatic carbocycles. The fourth-order valence-corrected chi connectivity index (χ4v) is 5.20. The number of rotatable bonds is 4. The first-order valence-electron chi connectivity index (χ1n) is 8.98. The molecule has 5 nitrogen and oxygen atoms in total. The fourth-order valence-electron chi connectivity index (χ4n) is 2.62. The third-order valence-electron chi connectivity index (χ3n) is 3.88. The van der Waals surface area contributed by atoms with Crippen molar-refractivity contribution in [3.63, 3.8) is 0 Å². The summed E-state index contributed by atoms with van der Waals surface area (Å²) < 4.78 is 18.5. The Morgan fingerprint density at radius 3 is 2.43 bits per heavy atom.